The Balaban J connectivity index is 1.35. The van der Waals surface area contributed by atoms with Crippen LogP contribution < -0.4 is 31.2 Å². The van der Waals surface area contributed by atoms with Crippen molar-refractivity contribution in [3.63, 3.8) is 0 Å². The minimum atomic E-state index is -0.800. The molecule has 10 nitrogen and oxygen atoms in total. The average Bonchev–Trinajstić information content (AvgIpc) is 2.93. The molecule has 2 aromatic rings. The van der Waals surface area contributed by atoms with Crippen LogP contribution in [0.15, 0.2) is 36.4 Å². The van der Waals surface area contributed by atoms with Gasteiger partial charge in [-0.15, -0.1) is 0 Å². The second-order valence-corrected chi connectivity index (χ2v) is 10.5. The van der Waals surface area contributed by atoms with E-state index < -0.39 is 24.0 Å². The van der Waals surface area contributed by atoms with Crippen molar-refractivity contribution in [3.05, 3.63) is 58.7 Å². The lowest BCUT2D eigenvalue weighted by Crippen LogP contribution is -2.51. The molecule has 1 aliphatic rings. The number of ether oxygens (including phenoxy) is 2. The van der Waals surface area contributed by atoms with Crippen LogP contribution in [0.25, 0.3) is 0 Å². The van der Waals surface area contributed by atoms with Gasteiger partial charge in [0.1, 0.15) is 11.5 Å². The van der Waals surface area contributed by atoms with Crippen molar-refractivity contribution in [1.29, 1.82) is 0 Å². The molecule has 2 unspecified atom stereocenters. The fraction of sp³-hybridized carbons (Fsp3) is 0.467. The third-order valence-electron chi connectivity index (χ3n) is 7.41. The zero-order chi connectivity index (χ0) is 29.4. The van der Waals surface area contributed by atoms with Gasteiger partial charge in [0.15, 0.2) is 12.2 Å². The Bertz CT molecular complexity index is 1140. The van der Waals surface area contributed by atoms with E-state index in [9.17, 15) is 19.2 Å². The zero-order valence-corrected chi connectivity index (χ0v) is 24.1. The third kappa shape index (κ3) is 8.46. The lowest BCUT2D eigenvalue weighted by molar-refractivity contribution is -0.136. The zero-order valence-electron chi connectivity index (χ0n) is 24.1. The molecule has 0 bridgehead atoms. The van der Waals surface area contributed by atoms with Crippen LogP contribution in [0.5, 0.6) is 11.5 Å². The van der Waals surface area contributed by atoms with E-state index in [4.69, 9.17) is 9.47 Å². The van der Waals surface area contributed by atoms with Crippen LogP contribution in [0.2, 0.25) is 0 Å². The SMILES string of the molecule is Cc1ccc(OC(C)C(=O)NNC(=O)C2CCC(C(=O)NNC(=O)C(C)Oc3ccc(C)c(C)c3)CC2)cc1C. The molecule has 40 heavy (non-hydrogen) atoms. The molecule has 2 atom stereocenters. The number of rotatable bonds is 8. The molecule has 216 valence electrons. The summed E-state index contributed by atoms with van der Waals surface area (Å²) in [6, 6.07) is 11.2. The van der Waals surface area contributed by atoms with Gasteiger partial charge in [0, 0.05) is 11.8 Å². The quantitative estimate of drug-likeness (QED) is 0.372. The number of hydrazine groups is 2. The van der Waals surface area contributed by atoms with Crippen LogP contribution in [-0.2, 0) is 19.2 Å². The maximum absolute atomic E-state index is 12.6. The predicted octanol–water partition coefficient (Wildman–Crippen LogP) is 3.26. The Labute approximate surface area is 235 Å². The van der Waals surface area contributed by atoms with Gasteiger partial charge in [-0.3, -0.25) is 40.9 Å². The standard InChI is InChI=1S/C30H40N4O6/c1-17-7-13-25(15-19(17)3)39-21(5)27(35)31-33-29(37)23-9-11-24(12-10-23)30(38)34-32-28(36)22(6)40-26-14-8-18(2)20(4)16-26/h7-8,13-16,21-24H,9-12H2,1-6H3,(H,31,35)(H,32,36)(H,33,37)(H,34,38). The molecule has 0 radical (unpaired) electrons. The van der Waals surface area contributed by atoms with E-state index in [1.807, 2.05) is 52.0 Å². The molecule has 0 saturated heterocycles. The summed E-state index contributed by atoms with van der Waals surface area (Å²) in [6.45, 7) is 11.1. The Morgan fingerprint density at radius 3 is 1.27 bits per heavy atom. The number of carbonyl (C=O) groups is 4. The van der Waals surface area contributed by atoms with Crippen LogP contribution in [0.3, 0.4) is 0 Å². The van der Waals surface area contributed by atoms with Gasteiger partial charge in [0.05, 0.1) is 0 Å². The summed E-state index contributed by atoms with van der Waals surface area (Å²) in [5, 5.41) is 0. The number of hydrogen-bond donors (Lipinski definition) is 4. The van der Waals surface area contributed by atoms with Crippen LogP contribution >= 0.6 is 0 Å². The molecule has 1 fully saturated rings. The Morgan fingerprint density at radius 1 is 0.600 bits per heavy atom. The molecule has 0 spiro atoms. The number of carbonyl (C=O) groups excluding carboxylic acids is 4. The average molecular weight is 553 g/mol. The molecule has 0 heterocycles. The van der Waals surface area contributed by atoms with Crippen LogP contribution in [0, 0.1) is 39.5 Å². The summed E-state index contributed by atoms with van der Waals surface area (Å²) in [6.07, 6.45) is 0.324. The molecule has 4 amide bonds. The first-order valence-electron chi connectivity index (χ1n) is 13.6. The molecule has 2 aromatic carbocycles. The van der Waals surface area contributed by atoms with Crippen molar-refractivity contribution in [2.75, 3.05) is 0 Å². The summed E-state index contributed by atoms with van der Waals surface area (Å²) in [5.41, 5.74) is 14.2. The Kier molecular flexibility index (Phi) is 10.5. The van der Waals surface area contributed by atoms with Gasteiger partial charge in [0.2, 0.25) is 11.8 Å². The third-order valence-corrected chi connectivity index (χ3v) is 7.41. The van der Waals surface area contributed by atoms with Crippen LogP contribution in [0.4, 0.5) is 0 Å². The summed E-state index contributed by atoms with van der Waals surface area (Å²) in [5.74, 6) is -1.06. The molecule has 0 aliphatic heterocycles. The number of amides is 4. The van der Waals surface area contributed by atoms with E-state index in [2.05, 4.69) is 21.7 Å². The number of aryl methyl sites for hydroxylation is 4. The first-order chi connectivity index (χ1) is 18.9. The largest absolute Gasteiger partial charge is 0.481 e. The van der Waals surface area contributed by atoms with E-state index in [0.717, 1.165) is 22.3 Å². The maximum Gasteiger partial charge on any atom is 0.279 e. The van der Waals surface area contributed by atoms with Crippen molar-refractivity contribution >= 4 is 23.6 Å². The molecular weight excluding hydrogens is 512 g/mol. The van der Waals surface area contributed by atoms with Gasteiger partial charge >= 0.3 is 0 Å². The monoisotopic (exact) mass is 552 g/mol. The minimum Gasteiger partial charge on any atom is -0.481 e. The molecule has 4 N–H and O–H groups in total. The van der Waals surface area contributed by atoms with Crippen LogP contribution in [0.1, 0.15) is 61.8 Å². The topological polar surface area (TPSA) is 135 Å². The highest BCUT2D eigenvalue weighted by Gasteiger charge is 2.31. The van der Waals surface area contributed by atoms with Crippen molar-refractivity contribution in [3.8, 4) is 11.5 Å². The Morgan fingerprint density at radius 2 is 0.950 bits per heavy atom. The molecule has 1 saturated carbocycles. The van der Waals surface area contributed by atoms with Crippen molar-refractivity contribution in [1.82, 2.24) is 21.7 Å². The van der Waals surface area contributed by atoms with E-state index in [0.29, 0.717) is 37.2 Å². The second kappa shape index (κ2) is 13.8. The van der Waals surface area contributed by atoms with E-state index in [1.165, 1.54) is 0 Å². The predicted molar refractivity (Wildman–Crippen MR) is 150 cm³/mol. The van der Waals surface area contributed by atoms with E-state index in [1.54, 1.807) is 26.0 Å². The second-order valence-electron chi connectivity index (χ2n) is 10.5. The summed E-state index contributed by atoms with van der Waals surface area (Å²) >= 11 is 0. The van der Waals surface area contributed by atoms with Crippen LogP contribution in [-0.4, -0.2) is 35.8 Å². The number of benzene rings is 2. The fourth-order valence-corrected chi connectivity index (χ4v) is 4.36. The molecular formula is C30H40N4O6. The van der Waals surface area contributed by atoms with E-state index in [-0.39, 0.29) is 23.7 Å². The summed E-state index contributed by atoms with van der Waals surface area (Å²) in [4.78, 5) is 49.9. The molecule has 10 heteroatoms. The minimum absolute atomic E-state index is 0.309. The smallest absolute Gasteiger partial charge is 0.279 e. The lowest BCUT2D eigenvalue weighted by atomic mass is 9.81. The van der Waals surface area contributed by atoms with Crippen molar-refractivity contribution < 1.29 is 28.7 Å². The highest BCUT2D eigenvalue weighted by atomic mass is 16.5. The van der Waals surface area contributed by atoms with Gasteiger partial charge < -0.3 is 9.47 Å². The fourth-order valence-electron chi connectivity index (χ4n) is 4.36. The van der Waals surface area contributed by atoms with Gasteiger partial charge in [0.25, 0.3) is 11.8 Å². The van der Waals surface area contributed by atoms with Gasteiger partial charge in [-0.25, -0.2) is 0 Å². The highest BCUT2D eigenvalue weighted by Crippen LogP contribution is 2.29. The van der Waals surface area contributed by atoms with Gasteiger partial charge in [-0.1, -0.05) is 12.1 Å². The molecule has 1 aliphatic carbocycles. The van der Waals surface area contributed by atoms with Crippen molar-refractivity contribution in [2.24, 2.45) is 11.8 Å². The first-order valence-corrected chi connectivity index (χ1v) is 13.6. The molecule has 0 aromatic heterocycles. The van der Waals surface area contributed by atoms with Gasteiger partial charge in [-0.2, -0.15) is 0 Å². The summed E-state index contributed by atoms with van der Waals surface area (Å²) in [7, 11) is 0. The maximum atomic E-state index is 12.6. The van der Waals surface area contributed by atoms with Crippen molar-refractivity contribution in [2.45, 2.75) is 79.4 Å². The van der Waals surface area contributed by atoms with Gasteiger partial charge in [-0.05, 0) is 114 Å². The lowest BCUT2D eigenvalue weighted by Gasteiger charge is -2.27. The number of hydrogen-bond acceptors (Lipinski definition) is 6. The summed E-state index contributed by atoms with van der Waals surface area (Å²) < 4.78 is 11.4. The highest BCUT2D eigenvalue weighted by molar-refractivity contribution is 5.87. The normalized spacial score (nSPS) is 18.1. The molecule has 3 rings (SSSR count). The Hall–Kier alpha value is -4.08. The first kappa shape index (κ1) is 30.5. The number of nitrogens with one attached hydrogen (secondary N) is 4. The van der Waals surface area contributed by atoms with E-state index >= 15 is 0 Å².